The molecule has 210 valence electrons. The van der Waals surface area contributed by atoms with Crippen LogP contribution in [0.25, 0.3) is 0 Å². The summed E-state index contributed by atoms with van der Waals surface area (Å²) in [6.45, 7) is 3.77. The second kappa shape index (κ2) is 11.9. The van der Waals surface area contributed by atoms with Crippen LogP contribution in [0, 0.1) is 0 Å². The molecule has 2 unspecified atom stereocenters. The van der Waals surface area contributed by atoms with E-state index in [1.165, 1.54) is 12.8 Å². The average molecular weight is 552 g/mol. The number of Topliss-reactive ketones (excluding diaryl/α,β-unsaturated/α-hetero) is 1. The maximum atomic E-state index is 13.1. The fourth-order valence-electron chi connectivity index (χ4n) is 5.51. The number of ketones is 1. The SMILES string of the molecule is CC(=O)C1c2c(n[nH]c2NC(=O)c2ccc(Oc3ccccc3)cc2)CN1c1ccc(OCCC2CCCN2)cc1. The Labute approximate surface area is 238 Å². The minimum Gasteiger partial charge on any atom is -0.494 e. The third-order valence-corrected chi connectivity index (χ3v) is 7.57. The number of fused-ring (bicyclic) bond motifs is 1. The predicted molar refractivity (Wildman–Crippen MR) is 157 cm³/mol. The van der Waals surface area contributed by atoms with Gasteiger partial charge >= 0.3 is 0 Å². The van der Waals surface area contributed by atoms with E-state index < -0.39 is 6.04 Å². The molecule has 41 heavy (non-hydrogen) atoms. The van der Waals surface area contributed by atoms with Crippen LogP contribution in [0.15, 0.2) is 78.9 Å². The number of nitrogens with zero attached hydrogens (tertiary/aromatic N) is 2. The number of carbonyl (C=O) groups excluding carboxylic acids is 2. The van der Waals surface area contributed by atoms with Crippen molar-refractivity contribution >= 4 is 23.2 Å². The first-order valence-electron chi connectivity index (χ1n) is 14.0. The summed E-state index contributed by atoms with van der Waals surface area (Å²) in [5.41, 5.74) is 2.78. The van der Waals surface area contributed by atoms with Gasteiger partial charge in [0, 0.05) is 22.9 Å². The van der Waals surface area contributed by atoms with Gasteiger partial charge < -0.3 is 25.0 Å². The van der Waals surface area contributed by atoms with Gasteiger partial charge in [-0.1, -0.05) is 18.2 Å². The first kappa shape index (κ1) is 26.6. The van der Waals surface area contributed by atoms with E-state index in [1.54, 1.807) is 31.2 Å². The number of aromatic nitrogens is 2. The van der Waals surface area contributed by atoms with Gasteiger partial charge in [-0.25, -0.2) is 0 Å². The number of anilines is 2. The van der Waals surface area contributed by atoms with E-state index in [-0.39, 0.29) is 11.7 Å². The Bertz CT molecular complexity index is 1500. The molecule has 3 aromatic carbocycles. The third-order valence-electron chi connectivity index (χ3n) is 7.57. The minimum atomic E-state index is -0.569. The topological polar surface area (TPSA) is 109 Å². The summed E-state index contributed by atoms with van der Waals surface area (Å²) in [6.07, 6.45) is 3.42. The van der Waals surface area contributed by atoms with E-state index in [0.29, 0.717) is 41.9 Å². The van der Waals surface area contributed by atoms with Crippen molar-refractivity contribution in [3.05, 3.63) is 95.7 Å². The Hall–Kier alpha value is -4.63. The zero-order valence-electron chi connectivity index (χ0n) is 22.9. The number of rotatable bonds is 10. The van der Waals surface area contributed by atoms with Crippen LogP contribution in [0.1, 0.15) is 53.8 Å². The molecule has 0 aliphatic carbocycles. The number of nitrogens with one attached hydrogen (secondary N) is 3. The van der Waals surface area contributed by atoms with Crippen LogP contribution < -0.4 is 25.0 Å². The number of benzene rings is 3. The third kappa shape index (κ3) is 5.95. The van der Waals surface area contributed by atoms with Crippen LogP contribution in [0.4, 0.5) is 11.5 Å². The van der Waals surface area contributed by atoms with Crippen LogP contribution in [0.5, 0.6) is 17.2 Å². The van der Waals surface area contributed by atoms with Gasteiger partial charge in [0.25, 0.3) is 5.91 Å². The van der Waals surface area contributed by atoms with Gasteiger partial charge in [-0.2, -0.15) is 5.10 Å². The number of carbonyl (C=O) groups is 2. The molecule has 6 rings (SSSR count). The van der Waals surface area contributed by atoms with E-state index in [1.807, 2.05) is 59.5 Å². The standard InChI is InChI=1S/C32H33N5O4/c1-21(38)30-29-28(20-37(30)24-11-15-25(16-12-24)40-19-17-23-6-5-18-33-23)35-36-31(29)34-32(39)22-9-13-27(14-10-22)41-26-7-3-2-4-8-26/h2-4,7-16,23,30,33H,5-6,17-20H2,1H3,(H2,34,35,36,39). The van der Waals surface area contributed by atoms with E-state index in [0.717, 1.165) is 35.8 Å². The van der Waals surface area contributed by atoms with Crippen molar-refractivity contribution in [1.82, 2.24) is 15.5 Å². The Morgan fingerprint density at radius 3 is 2.41 bits per heavy atom. The molecule has 9 heteroatoms. The molecule has 1 amide bonds. The quantitative estimate of drug-likeness (QED) is 0.235. The molecule has 0 bridgehead atoms. The molecule has 3 N–H and O–H groups in total. The van der Waals surface area contributed by atoms with Gasteiger partial charge in [-0.15, -0.1) is 0 Å². The van der Waals surface area contributed by atoms with Gasteiger partial charge in [-0.05, 0) is 93.4 Å². The Balaban J connectivity index is 1.11. The summed E-state index contributed by atoms with van der Waals surface area (Å²) >= 11 is 0. The zero-order valence-corrected chi connectivity index (χ0v) is 22.9. The van der Waals surface area contributed by atoms with E-state index >= 15 is 0 Å². The lowest BCUT2D eigenvalue weighted by Gasteiger charge is -2.26. The number of ether oxygens (including phenoxy) is 2. The highest BCUT2D eigenvalue weighted by Crippen LogP contribution is 2.41. The second-order valence-electron chi connectivity index (χ2n) is 10.4. The van der Waals surface area contributed by atoms with Crippen molar-refractivity contribution in [2.24, 2.45) is 0 Å². The highest BCUT2D eigenvalue weighted by atomic mass is 16.5. The predicted octanol–water partition coefficient (Wildman–Crippen LogP) is 5.63. The number of aromatic amines is 1. The minimum absolute atomic E-state index is 0.0348. The van der Waals surface area contributed by atoms with Crippen molar-refractivity contribution in [2.45, 2.75) is 44.8 Å². The lowest BCUT2D eigenvalue weighted by molar-refractivity contribution is -0.118. The summed E-state index contributed by atoms with van der Waals surface area (Å²) in [7, 11) is 0. The van der Waals surface area contributed by atoms with Gasteiger partial charge in [0.2, 0.25) is 0 Å². The Morgan fingerprint density at radius 1 is 0.976 bits per heavy atom. The van der Waals surface area contributed by atoms with Gasteiger partial charge in [0.1, 0.15) is 29.1 Å². The van der Waals surface area contributed by atoms with Gasteiger partial charge in [0.15, 0.2) is 5.78 Å². The lowest BCUT2D eigenvalue weighted by atomic mass is 10.1. The molecule has 2 aliphatic rings. The number of para-hydroxylation sites is 1. The molecule has 1 saturated heterocycles. The highest BCUT2D eigenvalue weighted by molar-refractivity contribution is 6.05. The maximum Gasteiger partial charge on any atom is 0.256 e. The maximum absolute atomic E-state index is 13.1. The Kier molecular flexibility index (Phi) is 7.69. The molecule has 9 nitrogen and oxygen atoms in total. The number of hydrogen-bond donors (Lipinski definition) is 3. The number of hydrogen-bond acceptors (Lipinski definition) is 7. The van der Waals surface area contributed by atoms with Crippen LogP contribution >= 0.6 is 0 Å². The molecule has 1 fully saturated rings. The van der Waals surface area contributed by atoms with E-state index in [2.05, 4.69) is 20.8 Å². The van der Waals surface area contributed by atoms with Crippen molar-refractivity contribution in [2.75, 3.05) is 23.4 Å². The second-order valence-corrected chi connectivity index (χ2v) is 10.4. The van der Waals surface area contributed by atoms with Crippen molar-refractivity contribution in [1.29, 1.82) is 0 Å². The number of amides is 1. The monoisotopic (exact) mass is 551 g/mol. The summed E-state index contributed by atoms with van der Waals surface area (Å²) < 4.78 is 11.8. The summed E-state index contributed by atoms with van der Waals surface area (Å²) in [5.74, 6) is 2.24. The Morgan fingerprint density at radius 2 is 1.71 bits per heavy atom. The van der Waals surface area contributed by atoms with Crippen molar-refractivity contribution < 1.29 is 19.1 Å². The van der Waals surface area contributed by atoms with Crippen LogP contribution in [-0.4, -0.2) is 41.1 Å². The van der Waals surface area contributed by atoms with E-state index in [4.69, 9.17) is 9.47 Å². The molecule has 3 heterocycles. The van der Waals surface area contributed by atoms with Crippen LogP contribution in [0.3, 0.4) is 0 Å². The molecular formula is C32H33N5O4. The smallest absolute Gasteiger partial charge is 0.256 e. The molecule has 4 aromatic rings. The van der Waals surface area contributed by atoms with E-state index in [9.17, 15) is 9.59 Å². The average Bonchev–Trinajstić information content (AvgIpc) is 3.73. The fraction of sp³-hybridized carbons (Fsp3) is 0.281. The fourth-order valence-corrected chi connectivity index (χ4v) is 5.51. The van der Waals surface area contributed by atoms with Crippen molar-refractivity contribution in [3.8, 4) is 17.2 Å². The molecule has 1 aromatic heterocycles. The molecule has 0 radical (unpaired) electrons. The van der Waals surface area contributed by atoms with Crippen LogP contribution in [-0.2, 0) is 11.3 Å². The molecule has 2 atom stereocenters. The number of H-pyrrole nitrogens is 1. The first-order valence-corrected chi connectivity index (χ1v) is 14.0. The van der Waals surface area contributed by atoms with Crippen molar-refractivity contribution in [3.63, 3.8) is 0 Å². The summed E-state index contributed by atoms with van der Waals surface area (Å²) in [6, 6.07) is 24.1. The molecule has 0 saturated carbocycles. The highest BCUT2D eigenvalue weighted by Gasteiger charge is 2.38. The zero-order chi connectivity index (χ0) is 28.2. The first-order chi connectivity index (χ1) is 20.0. The lowest BCUT2D eigenvalue weighted by Crippen LogP contribution is -2.28. The van der Waals surface area contributed by atoms with Gasteiger partial charge in [0.05, 0.1) is 18.8 Å². The largest absolute Gasteiger partial charge is 0.494 e. The normalized spacial score (nSPS) is 17.7. The summed E-state index contributed by atoms with van der Waals surface area (Å²) in [5, 5.41) is 13.8. The van der Waals surface area contributed by atoms with Gasteiger partial charge in [-0.3, -0.25) is 14.7 Å². The summed E-state index contributed by atoms with van der Waals surface area (Å²) in [4.78, 5) is 28.0. The molecule has 0 spiro atoms. The van der Waals surface area contributed by atoms with Crippen LogP contribution in [0.2, 0.25) is 0 Å². The molecular weight excluding hydrogens is 518 g/mol. The molecule has 2 aliphatic heterocycles.